The van der Waals surface area contributed by atoms with Crippen molar-refractivity contribution in [3.05, 3.63) is 47.7 Å². The first-order valence-electron chi connectivity index (χ1n) is 9.18. The van der Waals surface area contributed by atoms with E-state index in [9.17, 15) is 0 Å². The summed E-state index contributed by atoms with van der Waals surface area (Å²) in [5, 5.41) is 4.15. The summed E-state index contributed by atoms with van der Waals surface area (Å²) in [6.45, 7) is 3.31. The van der Waals surface area contributed by atoms with E-state index < -0.39 is 0 Å². The first kappa shape index (κ1) is 17.2. The van der Waals surface area contributed by atoms with Crippen LogP contribution in [0.15, 0.2) is 42.1 Å². The van der Waals surface area contributed by atoms with Crippen LogP contribution in [0.4, 0.5) is 0 Å². The highest BCUT2D eigenvalue weighted by Crippen LogP contribution is 2.17. The van der Waals surface area contributed by atoms with Crippen LogP contribution >= 0.6 is 12.2 Å². The van der Waals surface area contributed by atoms with Crippen LogP contribution in [0.1, 0.15) is 44.1 Å². The van der Waals surface area contributed by atoms with Crippen LogP contribution in [0.3, 0.4) is 0 Å². The summed E-state index contributed by atoms with van der Waals surface area (Å²) < 4.78 is 0. The van der Waals surface area contributed by atoms with Gasteiger partial charge in [0.05, 0.1) is 13.1 Å². The molecule has 1 fully saturated rings. The van der Waals surface area contributed by atoms with E-state index in [2.05, 4.69) is 52.6 Å². The zero-order valence-electron chi connectivity index (χ0n) is 14.3. The van der Waals surface area contributed by atoms with Crippen molar-refractivity contribution in [2.24, 2.45) is 0 Å². The van der Waals surface area contributed by atoms with Gasteiger partial charge in [0, 0.05) is 23.7 Å². The molecule has 0 bridgehead atoms. The maximum atomic E-state index is 5.40. The van der Waals surface area contributed by atoms with Crippen LogP contribution in [-0.4, -0.2) is 24.2 Å². The normalized spacial score (nSPS) is 21.7. The second kappa shape index (κ2) is 9.04. The lowest BCUT2D eigenvalue weighted by atomic mass is 9.96. The Morgan fingerprint density at radius 1 is 1.12 bits per heavy atom. The Morgan fingerprint density at radius 2 is 1.92 bits per heavy atom. The standard InChI is InChI=1S/C19H28N4S/c24-19(20-17-9-5-2-6-10-17)22-21-18-11-13-23(14-12-18)15-16-7-3-1-4-8-16/h1,3-4,7-8,11,17,21H,2,5-6,9-10,12-15H2,(H2,20,22,24)/p+1. The van der Waals surface area contributed by atoms with Crippen molar-refractivity contribution >= 4 is 17.3 Å². The maximum Gasteiger partial charge on any atom is 0.185 e. The highest BCUT2D eigenvalue weighted by molar-refractivity contribution is 7.80. The Labute approximate surface area is 150 Å². The molecule has 4 nitrogen and oxygen atoms in total. The lowest BCUT2D eigenvalue weighted by molar-refractivity contribution is -0.909. The van der Waals surface area contributed by atoms with E-state index in [0.29, 0.717) is 6.04 Å². The Kier molecular flexibility index (Phi) is 6.49. The fraction of sp³-hybridized carbons (Fsp3) is 0.526. The summed E-state index contributed by atoms with van der Waals surface area (Å²) in [7, 11) is 0. The van der Waals surface area contributed by atoms with Gasteiger partial charge >= 0.3 is 0 Å². The molecule has 3 rings (SSSR count). The van der Waals surface area contributed by atoms with Gasteiger partial charge in [-0.15, -0.1) is 0 Å². The third-order valence-electron chi connectivity index (χ3n) is 4.96. The smallest absolute Gasteiger partial charge is 0.185 e. The Bertz CT molecular complexity index is 552. The summed E-state index contributed by atoms with van der Waals surface area (Å²) in [6.07, 6.45) is 9.83. The molecular weight excluding hydrogens is 316 g/mol. The van der Waals surface area contributed by atoms with Crippen molar-refractivity contribution in [2.45, 2.75) is 51.1 Å². The molecular formula is C19H29N4S+. The van der Waals surface area contributed by atoms with Gasteiger partial charge in [0.15, 0.2) is 5.11 Å². The molecule has 0 aromatic heterocycles. The van der Waals surface area contributed by atoms with Gasteiger partial charge in [-0.1, -0.05) is 49.6 Å². The molecule has 1 aliphatic heterocycles. The van der Waals surface area contributed by atoms with Gasteiger partial charge in [-0.25, -0.2) is 0 Å². The first-order valence-corrected chi connectivity index (χ1v) is 9.59. The van der Waals surface area contributed by atoms with Gasteiger partial charge in [0.25, 0.3) is 0 Å². The molecule has 4 N–H and O–H groups in total. The number of thiocarbonyl (C=S) groups is 1. The van der Waals surface area contributed by atoms with Crippen molar-refractivity contribution in [1.29, 1.82) is 0 Å². The number of rotatable bonds is 5. The number of hydrogen-bond donors (Lipinski definition) is 4. The first-order chi connectivity index (χ1) is 11.8. The summed E-state index contributed by atoms with van der Waals surface area (Å²) >= 11 is 5.40. The van der Waals surface area contributed by atoms with Gasteiger partial charge in [0.1, 0.15) is 6.54 Å². The number of hydrazine groups is 1. The van der Waals surface area contributed by atoms with E-state index >= 15 is 0 Å². The second-order valence-corrected chi connectivity index (χ2v) is 7.31. The number of benzene rings is 1. The Morgan fingerprint density at radius 3 is 2.62 bits per heavy atom. The molecule has 1 unspecified atom stereocenters. The quantitative estimate of drug-likeness (QED) is 0.484. The molecule has 0 spiro atoms. The van der Waals surface area contributed by atoms with Crippen LogP contribution in [-0.2, 0) is 6.54 Å². The minimum atomic E-state index is 0.548. The monoisotopic (exact) mass is 345 g/mol. The van der Waals surface area contributed by atoms with Crippen LogP contribution in [0.25, 0.3) is 0 Å². The maximum absolute atomic E-state index is 5.40. The summed E-state index contributed by atoms with van der Waals surface area (Å²) in [6, 6.07) is 11.3. The molecule has 1 aliphatic carbocycles. The van der Waals surface area contributed by atoms with Crippen molar-refractivity contribution in [3.63, 3.8) is 0 Å². The van der Waals surface area contributed by atoms with E-state index in [0.717, 1.165) is 31.2 Å². The molecule has 1 atom stereocenters. The topological polar surface area (TPSA) is 40.5 Å². The number of hydrogen-bond acceptors (Lipinski definition) is 2. The van der Waals surface area contributed by atoms with E-state index in [-0.39, 0.29) is 0 Å². The fourth-order valence-electron chi connectivity index (χ4n) is 3.55. The average molecular weight is 346 g/mol. The van der Waals surface area contributed by atoms with Gasteiger partial charge in [-0.3, -0.25) is 5.43 Å². The van der Waals surface area contributed by atoms with Crippen LogP contribution in [0.2, 0.25) is 0 Å². The van der Waals surface area contributed by atoms with Crippen LogP contribution in [0.5, 0.6) is 0 Å². The molecule has 0 radical (unpaired) electrons. The summed E-state index contributed by atoms with van der Waals surface area (Å²) in [4.78, 5) is 1.61. The molecule has 1 aromatic carbocycles. The largest absolute Gasteiger partial charge is 0.359 e. The molecule has 2 aliphatic rings. The van der Waals surface area contributed by atoms with E-state index in [1.54, 1.807) is 4.90 Å². The van der Waals surface area contributed by atoms with Gasteiger partial charge in [-0.2, -0.15) is 0 Å². The lowest BCUT2D eigenvalue weighted by Gasteiger charge is -2.27. The third-order valence-corrected chi connectivity index (χ3v) is 5.18. The Balaban J connectivity index is 1.36. The predicted molar refractivity (Wildman–Crippen MR) is 102 cm³/mol. The fourth-order valence-corrected chi connectivity index (χ4v) is 3.76. The van der Waals surface area contributed by atoms with Crippen LogP contribution < -0.4 is 21.1 Å². The molecule has 0 saturated heterocycles. The molecule has 5 heteroatoms. The SMILES string of the molecule is S=C(NNC1=CC[NH+](Cc2ccccc2)CC1)NC1CCCCC1. The minimum absolute atomic E-state index is 0.548. The van der Waals surface area contributed by atoms with E-state index in [1.807, 2.05) is 0 Å². The predicted octanol–water partition coefficient (Wildman–Crippen LogP) is 1.66. The van der Waals surface area contributed by atoms with E-state index in [1.165, 1.54) is 43.4 Å². The van der Waals surface area contributed by atoms with Gasteiger partial charge in [0.2, 0.25) is 0 Å². The van der Waals surface area contributed by atoms with Crippen molar-refractivity contribution in [3.8, 4) is 0 Å². The van der Waals surface area contributed by atoms with Crippen molar-refractivity contribution < 1.29 is 4.90 Å². The zero-order chi connectivity index (χ0) is 16.6. The highest BCUT2D eigenvalue weighted by Gasteiger charge is 2.16. The zero-order valence-corrected chi connectivity index (χ0v) is 15.1. The molecule has 24 heavy (non-hydrogen) atoms. The van der Waals surface area contributed by atoms with Gasteiger partial charge < -0.3 is 15.6 Å². The molecule has 1 saturated carbocycles. The highest BCUT2D eigenvalue weighted by atomic mass is 32.1. The van der Waals surface area contributed by atoms with Crippen LogP contribution in [0, 0.1) is 0 Å². The molecule has 1 heterocycles. The molecule has 0 amide bonds. The lowest BCUT2D eigenvalue weighted by Crippen LogP contribution is -3.11. The average Bonchev–Trinajstić information content (AvgIpc) is 2.63. The number of nitrogens with one attached hydrogen (secondary N) is 4. The van der Waals surface area contributed by atoms with E-state index in [4.69, 9.17) is 12.2 Å². The van der Waals surface area contributed by atoms with Crippen molar-refractivity contribution in [2.75, 3.05) is 13.1 Å². The Hall–Kier alpha value is -1.59. The van der Waals surface area contributed by atoms with Gasteiger partial charge in [-0.05, 0) is 31.1 Å². The summed E-state index contributed by atoms with van der Waals surface area (Å²) in [5.41, 5.74) is 9.11. The second-order valence-electron chi connectivity index (χ2n) is 6.90. The third kappa shape index (κ3) is 5.49. The number of quaternary nitrogens is 1. The molecule has 1 aromatic rings. The van der Waals surface area contributed by atoms with Crippen molar-refractivity contribution in [1.82, 2.24) is 16.2 Å². The minimum Gasteiger partial charge on any atom is -0.359 e. The molecule has 130 valence electrons. The summed E-state index contributed by atoms with van der Waals surface area (Å²) in [5.74, 6) is 0.